The van der Waals surface area contributed by atoms with Gasteiger partial charge in [0.2, 0.25) is 0 Å². The number of pyridine rings is 1. The zero-order valence-electron chi connectivity index (χ0n) is 9.10. The lowest BCUT2D eigenvalue weighted by molar-refractivity contribution is 0.0600. The molecule has 2 aromatic heterocycles. The Bertz CT molecular complexity index is 521. The summed E-state index contributed by atoms with van der Waals surface area (Å²) >= 11 is 0. The van der Waals surface area contributed by atoms with Crippen LogP contribution in [-0.4, -0.2) is 34.7 Å². The smallest absolute Gasteiger partial charge is 0.339 e. The van der Waals surface area contributed by atoms with Crippen LogP contribution < -0.4 is 5.32 Å². The topological polar surface area (TPSA) is 68.5 Å². The Kier molecular flexibility index (Phi) is 2.82. The molecular weight excluding hydrogens is 208 g/mol. The highest BCUT2D eigenvalue weighted by molar-refractivity contribution is 5.89. The molecule has 0 unspecified atom stereocenters. The summed E-state index contributed by atoms with van der Waals surface area (Å²) < 4.78 is 6.42. The maximum absolute atomic E-state index is 11.4. The molecule has 0 amide bonds. The number of hydrogen-bond donors (Lipinski definition) is 1. The number of hydrogen-bond acceptors (Lipinski definition) is 5. The molecule has 6 nitrogen and oxygen atoms in total. The summed E-state index contributed by atoms with van der Waals surface area (Å²) in [6.45, 7) is 0.589. The van der Waals surface area contributed by atoms with Crippen LogP contribution in [0.25, 0.3) is 5.65 Å². The summed E-state index contributed by atoms with van der Waals surface area (Å²) in [6.07, 6.45) is 1.67. The Hall–Kier alpha value is -1.95. The highest BCUT2D eigenvalue weighted by Gasteiger charge is 2.09. The Morgan fingerprint density at radius 2 is 2.31 bits per heavy atom. The van der Waals surface area contributed by atoms with Crippen LogP contribution in [0, 0.1) is 0 Å². The van der Waals surface area contributed by atoms with Crippen molar-refractivity contribution in [2.24, 2.45) is 0 Å². The number of aromatic nitrogens is 3. The number of nitrogens with zero attached hydrogens (tertiary/aromatic N) is 3. The molecule has 0 aliphatic rings. The highest BCUT2D eigenvalue weighted by Crippen LogP contribution is 2.07. The van der Waals surface area contributed by atoms with Gasteiger partial charge in [0, 0.05) is 6.20 Å². The molecule has 2 aromatic rings. The minimum absolute atomic E-state index is 0.369. The summed E-state index contributed by atoms with van der Waals surface area (Å²) in [5, 5.41) is 11.0. The number of esters is 1. The fourth-order valence-electron chi connectivity index (χ4n) is 1.46. The zero-order chi connectivity index (χ0) is 11.5. The van der Waals surface area contributed by atoms with E-state index in [2.05, 4.69) is 20.3 Å². The van der Waals surface area contributed by atoms with Crippen molar-refractivity contribution in [3.05, 3.63) is 29.7 Å². The fraction of sp³-hybridized carbons (Fsp3) is 0.300. The predicted molar refractivity (Wildman–Crippen MR) is 57.1 cm³/mol. The van der Waals surface area contributed by atoms with Gasteiger partial charge in [0.05, 0.1) is 19.2 Å². The highest BCUT2D eigenvalue weighted by atomic mass is 16.5. The molecular formula is C10H12N4O2. The van der Waals surface area contributed by atoms with E-state index in [4.69, 9.17) is 0 Å². The van der Waals surface area contributed by atoms with Crippen molar-refractivity contribution >= 4 is 11.6 Å². The molecule has 0 fully saturated rings. The maximum Gasteiger partial charge on any atom is 0.339 e. The van der Waals surface area contributed by atoms with Crippen molar-refractivity contribution in [1.29, 1.82) is 0 Å². The van der Waals surface area contributed by atoms with Gasteiger partial charge in [-0.3, -0.25) is 4.40 Å². The second-order valence-electron chi connectivity index (χ2n) is 3.28. The lowest BCUT2D eigenvalue weighted by Gasteiger charge is -2.02. The van der Waals surface area contributed by atoms with Crippen LogP contribution in [0.2, 0.25) is 0 Å². The van der Waals surface area contributed by atoms with E-state index in [0.717, 1.165) is 5.82 Å². The van der Waals surface area contributed by atoms with E-state index in [1.165, 1.54) is 7.11 Å². The molecule has 84 valence electrons. The van der Waals surface area contributed by atoms with Gasteiger partial charge in [-0.15, -0.1) is 10.2 Å². The minimum atomic E-state index is -0.369. The minimum Gasteiger partial charge on any atom is -0.465 e. The number of nitrogens with one attached hydrogen (secondary N) is 1. The van der Waals surface area contributed by atoms with Crippen LogP contribution in [0.1, 0.15) is 16.2 Å². The van der Waals surface area contributed by atoms with E-state index in [0.29, 0.717) is 17.8 Å². The second kappa shape index (κ2) is 4.28. The molecule has 16 heavy (non-hydrogen) atoms. The molecule has 0 atom stereocenters. The summed E-state index contributed by atoms with van der Waals surface area (Å²) in [4.78, 5) is 11.4. The number of ether oxygens (including phenoxy) is 1. The van der Waals surface area contributed by atoms with E-state index < -0.39 is 0 Å². The lowest BCUT2D eigenvalue weighted by Crippen LogP contribution is -2.10. The molecule has 1 N–H and O–H groups in total. The van der Waals surface area contributed by atoms with Gasteiger partial charge < -0.3 is 10.1 Å². The summed E-state index contributed by atoms with van der Waals surface area (Å²) in [5.74, 6) is 0.384. The standard InChI is InChI=1S/C10H12N4O2/c1-11-5-9-13-12-8-4-3-7(6-14(8)9)10(15)16-2/h3-4,6,11H,5H2,1-2H3. The summed E-state index contributed by atoms with van der Waals surface area (Å²) in [7, 11) is 3.18. The van der Waals surface area contributed by atoms with Crippen LogP contribution in [-0.2, 0) is 11.3 Å². The average molecular weight is 220 g/mol. The molecule has 0 bridgehead atoms. The van der Waals surface area contributed by atoms with Crippen LogP contribution in [0.3, 0.4) is 0 Å². The number of rotatable bonds is 3. The third-order valence-electron chi connectivity index (χ3n) is 2.23. The van der Waals surface area contributed by atoms with E-state index in [-0.39, 0.29) is 5.97 Å². The van der Waals surface area contributed by atoms with Gasteiger partial charge in [0.15, 0.2) is 11.5 Å². The Morgan fingerprint density at radius 3 is 3.00 bits per heavy atom. The normalized spacial score (nSPS) is 10.6. The molecule has 6 heteroatoms. The molecule has 0 aliphatic heterocycles. The van der Waals surface area contributed by atoms with Crippen molar-refractivity contribution in [1.82, 2.24) is 19.9 Å². The summed E-state index contributed by atoms with van der Waals surface area (Å²) in [5.41, 5.74) is 1.19. The van der Waals surface area contributed by atoms with E-state index in [1.807, 2.05) is 7.05 Å². The van der Waals surface area contributed by atoms with E-state index in [1.54, 1.807) is 22.7 Å². The molecule has 0 aromatic carbocycles. The predicted octanol–water partition coefficient (Wildman–Crippen LogP) is 0.235. The van der Waals surface area contributed by atoms with Crippen molar-refractivity contribution in [3.8, 4) is 0 Å². The van der Waals surface area contributed by atoms with Crippen molar-refractivity contribution < 1.29 is 9.53 Å². The molecule has 0 saturated heterocycles. The Balaban J connectivity index is 2.49. The molecule has 0 aliphatic carbocycles. The van der Waals surface area contributed by atoms with Crippen LogP contribution in [0.5, 0.6) is 0 Å². The van der Waals surface area contributed by atoms with Gasteiger partial charge in [-0.2, -0.15) is 0 Å². The second-order valence-corrected chi connectivity index (χ2v) is 3.28. The third kappa shape index (κ3) is 1.74. The monoisotopic (exact) mass is 220 g/mol. The van der Waals surface area contributed by atoms with Gasteiger partial charge in [-0.05, 0) is 19.2 Å². The molecule has 0 radical (unpaired) electrons. The number of fused-ring (bicyclic) bond motifs is 1. The first-order valence-corrected chi connectivity index (χ1v) is 4.83. The van der Waals surface area contributed by atoms with Gasteiger partial charge in [0.1, 0.15) is 0 Å². The third-order valence-corrected chi connectivity index (χ3v) is 2.23. The number of carbonyl (C=O) groups excluding carboxylic acids is 1. The largest absolute Gasteiger partial charge is 0.465 e. The molecule has 0 saturated carbocycles. The zero-order valence-corrected chi connectivity index (χ0v) is 9.10. The van der Waals surface area contributed by atoms with Gasteiger partial charge in [0.25, 0.3) is 0 Å². The van der Waals surface area contributed by atoms with Crippen LogP contribution >= 0.6 is 0 Å². The van der Waals surface area contributed by atoms with Crippen molar-refractivity contribution in [2.45, 2.75) is 6.54 Å². The Morgan fingerprint density at radius 1 is 1.50 bits per heavy atom. The van der Waals surface area contributed by atoms with Crippen LogP contribution in [0.4, 0.5) is 0 Å². The van der Waals surface area contributed by atoms with Gasteiger partial charge in [-0.25, -0.2) is 4.79 Å². The van der Waals surface area contributed by atoms with Crippen molar-refractivity contribution in [3.63, 3.8) is 0 Å². The van der Waals surface area contributed by atoms with Crippen molar-refractivity contribution in [2.75, 3.05) is 14.2 Å². The quantitative estimate of drug-likeness (QED) is 0.750. The maximum atomic E-state index is 11.4. The van der Waals surface area contributed by atoms with Crippen LogP contribution in [0.15, 0.2) is 18.3 Å². The first-order valence-electron chi connectivity index (χ1n) is 4.83. The van der Waals surface area contributed by atoms with Gasteiger partial charge in [-0.1, -0.05) is 0 Å². The average Bonchev–Trinajstić information content (AvgIpc) is 2.71. The Labute approximate surface area is 92.2 Å². The number of methoxy groups -OCH3 is 1. The molecule has 0 spiro atoms. The first-order chi connectivity index (χ1) is 7.76. The molecule has 2 rings (SSSR count). The SMILES string of the molecule is CNCc1nnc2ccc(C(=O)OC)cn12. The summed E-state index contributed by atoms with van der Waals surface area (Å²) in [6, 6.07) is 3.40. The fourth-order valence-corrected chi connectivity index (χ4v) is 1.46. The number of carbonyl (C=O) groups is 1. The lowest BCUT2D eigenvalue weighted by atomic mass is 10.3. The molecule has 2 heterocycles. The van der Waals surface area contributed by atoms with E-state index >= 15 is 0 Å². The van der Waals surface area contributed by atoms with Gasteiger partial charge >= 0.3 is 5.97 Å². The van der Waals surface area contributed by atoms with E-state index in [9.17, 15) is 4.79 Å². The first kappa shape index (κ1) is 10.6.